The number of carbonyl (C=O) groups excluding carboxylic acids is 1. The number of amides is 1. The Labute approximate surface area is 120 Å². The highest BCUT2D eigenvalue weighted by Crippen LogP contribution is 2.15. The van der Waals surface area contributed by atoms with Crippen molar-refractivity contribution in [3.8, 4) is 0 Å². The van der Waals surface area contributed by atoms with Crippen LogP contribution in [0.3, 0.4) is 0 Å². The number of H-pyrrole nitrogens is 1. The molecule has 8 heteroatoms. The molecule has 1 aromatic rings. The number of hydrogen-bond donors (Lipinski definition) is 2. The fraction of sp³-hybridized carbons (Fsp3) is 0.545. The molecule has 1 aliphatic heterocycles. The highest BCUT2D eigenvalue weighted by molar-refractivity contribution is 9.10. The molecule has 0 unspecified atom stereocenters. The number of nitrogens with one attached hydrogen (secondary N) is 2. The number of halogens is 1. The molecule has 1 saturated heterocycles. The fourth-order valence-corrected chi connectivity index (χ4v) is 3.31. The van der Waals surface area contributed by atoms with Crippen LogP contribution in [0.2, 0.25) is 0 Å². The molecule has 0 atom stereocenters. The maximum atomic E-state index is 11.9. The predicted octanol–water partition coefficient (Wildman–Crippen LogP) is 0.931. The summed E-state index contributed by atoms with van der Waals surface area (Å²) in [5, 5.41) is 2.91. The Morgan fingerprint density at radius 1 is 1.47 bits per heavy atom. The Bertz CT molecular complexity index is 561. The van der Waals surface area contributed by atoms with E-state index in [1.54, 1.807) is 12.3 Å². The van der Waals surface area contributed by atoms with Crippen LogP contribution in [-0.4, -0.2) is 49.0 Å². The van der Waals surface area contributed by atoms with Gasteiger partial charge in [0, 0.05) is 29.8 Å². The molecule has 2 heterocycles. The SMILES string of the molecule is CS(=O)(=O)N1CCC(NC(=O)c2cc(Br)c[nH]2)CC1. The minimum absolute atomic E-state index is 0.0209. The van der Waals surface area contributed by atoms with Gasteiger partial charge in [0.25, 0.3) is 5.91 Å². The lowest BCUT2D eigenvalue weighted by molar-refractivity contribution is 0.0919. The summed E-state index contributed by atoms with van der Waals surface area (Å²) < 4.78 is 25.0. The van der Waals surface area contributed by atoms with E-state index in [-0.39, 0.29) is 11.9 Å². The molecule has 0 radical (unpaired) electrons. The second-order valence-corrected chi connectivity index (χ2v) is 7.54. The zero-order valence-corrected chi connectivity index (χ0v) is 12.9. The molecule has 1 fully saturated rings. The Morgan fingerprint density at radius 3 is 2.58 bits per heavy atom. The molecule has 0 aliphatic carbocycles. The van der Waals surface area contributed by atoms with Gasteiger partial charge in [0.1, 0.15) is 5.69 Å². The van der Waals surface area contributed by atoms with E-state index in [4.69, 9.17) is 0 Å². The normalized spacial score (nSPS) is 18.4. The minimum atomic E-state index is -3.12. The van der Waals surface area contributed by atoms with Crippen LogP contribution in [0.15, 0.2) is 16.7 Å². The van der Waals surface area contributed by atoms with Crippen molar-refractivity contribution in [2.75, 3.05) is 19.3 Å². The molecule has 106 valence electrons. The van der Waals surface area contributed by atoms with Crippen LogP contribution in [0.25, 0.3) is 0 Å². The highest BCUT2D eigenvalue weighted by atomic mass is 79.9. The molecule has 6 nitrogen and oxygen atoms in total. The van der Waals surface area contributed by atoms with Crippen LogP contribution in [0.4, 0.5) is 0 Å². The summed E-state index contributed by atoms with van der Waals surface area (Å²) in [6.07, 6.45) is 4.19. The first kappa shape index (κ1) is 14.5. The molecule has 0 saturated carbocycles. The van der Waals surface area contributed by atoms with E-state index < -0.39 is 10.0 Å². The van der Waals surface area contributed by atoms with Gasteiger partial charge in [-0.2, -0.15) is 0 Å². The standard InChI is InChI=1S/C11H16BrN3O3S/c1-19(17,18)15-4-2-9(3-5-15)14-11(16)10-6-8(12)7-13-10/h6-7,9,13H,2-5H2,1H3,(H,14,16). The van der Waals surface area contributed by atoms with E-state index in [0.29, 0.717) is 31.6 Å². The molecule has 1 aromatic heterocycles. The van der Waals surface area contributed by atoms with E-state index in [1.807, 2.05) is 0 Å². The number of rotatable bonds is 3. The third kappa shape index (κ3) is 3.80. The lowest BCUT2D eigenvalue weighted by Gasteiger charge is -2.30. The van der Waals surface area contributed by atoms with Crippen molar-refractivity contribution in [3.05, 3.63) is 22.4 Å². The molecule has 2 N–H and O–H groups in total. The quantitative estimate of drug-likeness (QED) is 0.851. The maximum Gasteiger partial charge on any atom is 0.267 e. The number of sulfonamides is 1. The van der Waals surface area contributed by atoms with E-state index in [9.17, 15) is 13.2 Å². The third-order valence-electron chi connectivity index (χ3n) is 3.15. The summed E-state index contributed by atoms with van der Waals surface area (Å²) >= 11 is 3.27. The summed E-state index contributed by atoms with van der Waals surface area (Å²) in [6.45, 7) is 0.913. The zero-order chi connectivity index (χ0) is 14.0. The molecule has 1 aliphatic rings. The largest absolute Gasteiger partial charge is 0.356 e. The summed E-state index contributed by atoms with van der Waals surface area (Å²) in [6, 6.07) is 1.73. The van der Waals surface area contributed by atoms with Gasteiger partial charge in [-0.1, -0.05) is 0 Å². The van der Waals surface area contributed by atoms with Crippen LogP contribution < -0.4 is 5.32 Å². The number of carbonyl (C=O) groups is 1. The van der Waals surface area contributed by atoms with Crippen molar-refractivity contribution in [2.45, 2.75) is 18.9 Å². The van der Waals surface area contributed by atoms with Gasteiger partial charge in [-0.15, -0.1) is 0 Å². The van der Waals surface area contributed by atoms with Gasteiger partial charge < -0.3 is 10.3 Å². The molecular weight excluding hydrogens is 334 g/mol. The van der Waals surface area contributed by atoms with Gasteiger partial charge in [-0.25, -0.2) is 12.7 Å². The maximum absolute atomic E-state index is 11.9. The average molecular weight is 350 g/mol. The topological polar surface area (TPSA) is 82.3 Å². The van der Waals surface area contributed by atoms with Gasteiger partial charge in [0.2, 0.25) is 10.0 Å². The van der Waals surface area contributed by atoms with E-state index >= 15 is 0 Å². The second-order valence-electron chi connectivity index (χ2n) is 4.64. The van der Waals surface area contributed by atoms with E-state index in [2.05, 4.69) is 26.2 Å². The second kappa shape index (κ2) is 5.64. The van der Waals surface area contributed by atoms with Gasteiger partial charge in [0.15, 0.2) is 0 Å². The van der Waals surface area contributed by atoms with Crippen LogP contribution in [-0.2, 0) is 10.0 Å². The van der Waals surface area contributed by atoms with E-state index in [1.165, 1.54) is 10.6 Å². The minimum Gasteiger partial charge on any atom is -0.356 e. The smallest absolute Gasteiger partial charge is 0.267 e. The first-order valence-electron chi connectivity index (χ1n) is 5.96. The van der Waals surface area contributed by atoms with Crippen LogP contribution in [0.1, 0.15) is 23.3 Å². The molecule has 19 heavy (non-hydrogen) atoms. The highest BCUT2D eigenvalue weighted by Gasteiger charge is 2.26. The monoisotopic (exact) mass is 349 g/mol. The zero-order valence-electron chi connectivity index (χ0n) is 10.5. The Balaban J connectivity index is 1.88. The first-order valence-corrected chi connectivity index (χ1v) is 8.60. The third-order valence-corrected chi connectivity index (χ3v) is 4.91. The predicted molar refractivity (Wildman–Crippen MR) is 75.4 cm³/mol. The van der Waals surface area contributed by atoms with Crippen molar-refractivity contribution in [2.24, 2.45) is 0 Å². The van der Waals surface area contributed by atoms with Crippen LogP contribution in [0, 0.1) is 0 Å². The summed E-state index contributed by atoms with van der Waals surface area (Å²) in [4.78, 5) is 14.8. The van der Waals surface area contributed by atoms with E-state index in [0.717, 1.165) is 4.47 Å². The molecular formula is C11H16BrN3O3S. The van der Waals surface area contributed by atoms with Crippen LogP contribution >= 0.6 is 15.9 Å². The number of hydrogen-bond acceptors (Lipinski definition) is 3. The Morgan fingerprint density at radius 2 is 2.11 bits per heavy atom. The van der Waals surface area contributed by atoms with Gasteiger partial charge in [0.05, 0.1) is 6.26 Å². The van der Waals surface area contributed by atoms with Gasteiger partial charge >= 0.3 is 0 Å². The summed E-state index contributed by atoms with van der Waals surface area (Å²) in [5.41, 5.74) is 0.498. The molecule has 0 bridgehead atoms. The number of aromatic nitrogens is 1. The average Bonchev–Trinajstić information content (AvgIpc) is 2.75. The van der Waals surface area contributed by atoms with Gasteiger partial charge in [-0.3, -0.25) is 4.79 Å². The van der Waals surface area contributed by atoms with Gasteiger partial charge in [-0.05, 0) is 34.8 Å². The van der Waals surface area contributed by atoms with Crippen molar-refractivity contribution < 1.29 is 13.2 Å². The number of nitrogens with zero attached hydrogens (tertiary/aromatic N) is 1. The Hall–Kier alpha value is -0.860. The summed E-state index contributed by atoms with van der Waals surface area (Å²) in [5.74, 6) is -0.163. The molecule has 2 rings (SSSR count). The van der Waals surface area contributed by atoms with Crippen molar-refractivity contribution in [3.63, 3.8) is 0 Å². The molecule has 0 aromatic carbocycles. The lowest BCUT2D eigenvalue weighted by atomic mass is 10.1. The molecule has 1 amide bonds. The van der Waals surface area contributed by atoms with Crippen molar-refractivity contribution in [1.82, 2.24) is 14.6 Å². The number of piperidine rings is 1. The lowest BCUT2D eigenvalue weighted by Crippen LogP contribution is -2.46. The van der Waals surface area contributed by atoms with Crippen molar-refractivity contribution in [1.29, 1.82) is 0 Å². The molecule has 0 spiro atoms. The van der Waals surface area contributed by atoms with Crippen molar-refractivity contribution >= 4 is 31.9 Å². The van der Waals surface area contributed by atoms with Crippen LogP contribution in [0.5, 0.6) is 0 Å². The Kier molecular flexibility index (Phi) is 4.32. The number of aromatic amines is 1. The fourth-order valence-electron chi connectivity index (χ4n) is 2.09. The first-order chi connectivity index (χ1) is 8.86. The summed E-state index contributed by atoms with van der Waals surface area (Å²) in [7, 11) is -3.12.